The summed E-state index contributed by atoms with van der Waals surface area (Å²) in [5, 5.41) is 0. The van der Waals surface area contributed by atoms with Gasteiger partial charge in [-0.2, -0.15) is 0 Å². The first kappa shape index (κ1) is 23.6. The van der Waals surface area contributed by atoms with Crippen molar-refractivity contribution in [3.63, 3.8) is 0 Å². The van der Waals surface area contributed by atoms with Gasteiger partial charge in [0.15, 0.2) is 0 Å². The Morgan fingerprint density at radius 3 is 2.15 bits per heavy atom. The molecule has 0 saturated carbocycles. The summed E-state index contributed by atoms with van der Waals surface area (Å²) in [5.41, 5.74) is 6.35. The van der Waals surface area contributed by atoms with Crippen LogP contribution in [0.25, 0.3) is 11.1 Å². The lowest BCUT2D eigenvalue weighted by Gasteiger charge is -2.42. The zero-order chi connectivity index (χ0) is 24.0. The van der Waals surface area contributed by atoms with Crippen molar-refractivity contribution in [3.05, 3.63) is 47.8 Å². The van der Waals surface area contributed by atoms with Crippen LogP contribution in [0.15, 0.2) is 36.7 Å². The molecule has 1 amide bonds. The highest BCUT2D eigenvalue weighted by Gasteiger charge is 2.37. The number of fused-ring (bicyclic) bond motifs is 1. The largest absolute Gasteiger partial charge is 0.444 e. The van der Waals surface area contributed by atoms with Crippen molar-refractivity contribution >= 4 is 11.8 Å². The van der Waals surface area contributed by atoms with E-state index in [1.165, 1.54) is 29.5 Å². The highest BCUT2D eigenvalue weighted by molar-refractivity contribution is 5.70. The topological polar surface area (TPSA) is 45.7 Å². The third kappa shape index (κ3) is 5.02. The van der Waals surface area contributed by atoms with Gasteiger partial charge in [-0.3, -0.25) is 4.98 Å². The van der Waals surface area contributed by atoms with Crippen molar-refractivity contribution in [2.45, 2.75) is 77.7 Å². The maximum absolute atomic E-state index is 12.4. The van der Waals surface area contributed by atoms with Gasteiger partial charge < -0.3 is 14.5 Å². The molecule has 1 saturated heterocycles. The molecule has 33 heavy (non-hydrogen) atoms. The molecule has 1 aliphatic heterocycles. The van der Waals surface area contributed by atoms with Gasteiger partial charge in [-0.1, -0.05) is 45.9 Å². The predicted molar refractivity (Wildman–Crippen MR) is 135 cm³/mol. The number of rotatable bonds is 2. The molecule has 5 heteroatoms. The van der Waals surface area contributed by atoms with Gasteiger partial charge in [-0.25, -0.2) is 4.79 Å². The number of amides is 1. The van der Waals surface area contributed by atoms with E-state index in [9.17, 15) is 4.79 Å². The molecular weight excluding hydrogens is 410 g/mol. The normalized spacial score (nSPS) is 19.7. The Hall–Kier alpha value is -2.56. The van der Waals surface area contributed by atoms with E-state index in [-0.39, 0.29) is 16.9 Å². The summed E-state index contributed by atoms with van der Waals surface area (Å²) in [6.07, 6.45) is 6.09. The molecule has 0 N–H and O–H groups in total. The Labute approximate surface area is 199 Å². The Bertz CT molecular complexity index is 1030. The molecule has 4 rings (SSSR count). The van der Waals surface area contributed by atoms with E-state index in [0.29, 0.717) is 13.1 Å². The molecule has 0 atom stereocenters. The zero-order valence-corrected chi connectivity index (χ0v) is 21.4. The smallest absolute Gasteiger partial charge is 0.410 e. The number of pyridine rings is 1. The van der Waals surface area contributed by atoms with Crippen LogP contribution in [0.5, 0.6) is 0 Å². The fourth-order valence-electron chi connectivity index (χ4n) is 5.00. The van der Waals surface area contributed by atoms with Gasteiger partial charge in [0.1, 0.15) is 5.60 Å². The number of carbonyl (C=O) groups is 1. The highest BCUT2D eigenvalue weighted by atomic mass is 16.6. The van der Waals surface area contributed by atoms with Crippen LogP contribution >= 0.6 is 0 Å². The van der Waals surface area contributed by atoms with Gasteiger partial charge in [0.25, 0.3) is 0 Å². The van der Waals surface area contributed by atoms with Gasteiger partial charge in [0.2, 0.25) is 0 Å². The maximum atomic E-state index is 12.4. The predicted octanol–water partition coefficient (Wildman–Crippen LogP) is 6.15. The minimum atomic E-state index is -0.467. The summed E-state index contributed by atoms with van der Waals surface area (Å²) in [4.78, 5) is 21.1. The summed E-state index contributed by atoms with van der Waals surface area (Å²) in [6.45, 7) is 18.0. The molecule has 0 unspecified atom stereocenters. The lowest BCUT2D eigenvalue weighted by atomic mass is 9.63. The number of aromatic nitrogens is 1. The average molecular weight is 450 g/mol. The van der Waals surface area contributed by atoms with Crippen LogP contribution in [0.4, 0.5) is 10.5 Å². The van der Waals surface area contributed by atoms with Crippen molar-refractivity contribution in [2.75, 3.05) is 31.1 Å². The van der Waals surface area contributed by atoms with E-state index >= 15 is 0 Å². The van der Waals surface area contributed by atoms with Gasteiger partial charge >= 0.3 is 6.09 Å². The Kier molecular flexibility index (Phi) is 5.96. The summed E-state index contributed by atoms with van der Waals surface area (Å²) in [6, 6.07) is 9.21. The lowest BCUT2D eigenvalue weighted by molar-refractivity contribution is 0.0240. The van der Waals surface area contributed by atoms with E-state index in [0.717, 1.165) is 24.3 Å². The molecule has 2 heterocycles. The molecule has 178 valence electrons. The van der Waals surface area contributed by atoms with E-state index in [1.807, 2.05) is 33.2 Å². The molecule has 1 aromatic carbocycles. The van der Waals surface area contributed by atoms with Gasteiger partial charge in [0.05, 0.1) is 11.9 Å². The summed E-state index contributed by atoms with van der Waals surface area (Å²) < 4.78 is 5.53. The third-order valence-corrected chi connectivity index (χ3v) is 7.21. The van der Waals surface area contributed by atoms with Crippen molar-refractivity contribution in [3.8, 4) is 11.1 Å². The van der Waals surface area contributed by atoms with E-state index in [2.05, 4.69) is 61.8 Å². The van der Waals surface area contributed by atoms with Crippen molar-refractivity contribution in [1.82, 2.24) is 9.88 Å². The van der Waals surface area contributed by atoms with Crippen LogP contribution in [0, 0.1) is 0 Å². The molecule has 5 nitrogen and oxygen atoms in total. The number of hydrogen-bond donors (Lipinski definition) is 0. The molecule has 2 aromatic rings. The van der Waals surface area contributed by atoms with E-state index < -0.39 is 5.60 Å². The second-order valence-electron chi connectivity index (χ2n) is 11.9. The van der Waals surface area contributed by atoms with Gasteiger partial charge in [0, 0.05) is 37.9 Å². The zero-order valence-electron chi connectivity index (χ0n) is 21.4. The first-order valence-corrected chi connectivity index (χ1v) is 12.2. The number of hydrogen-bond acceptors (Lipinski definition) is 4. The average Bonchev–Trinajstić information content (AvgIpc) is 2.76. The van der Waals surface area contributed by atoms with Crippen LogP contribution in [-0.4, -0.2) is 47.8 Å². The fourth-order valence-corrected chi connectivity index (χ4v) is 5.00. The molecule has 1 fully saturated rings. The number of piperazine rings is 1. The summed E-state index contributed by atoms with van der Waals surface area (Å²) in [7, 11) is 0. The minimum absolute atomic E-state index is 0.184. The second kappa shape index (κ2) is 8.34. The SMILES string of the molecule is CC(C)(C)OC(=O)N1CCN(c2cncc(-c3ccc4c(c3)C(C)(C)CCC4(C)C)c2)CC1. The highest BCUT2D eigenvalue weighted by Crippen LogP contribution is 2.46. The van der Waals surface area contributed by atoms with Crippen LogP contribution in [0.1, 0.15) is 72.4 Å². The number of nitrogens with zero attached hydrogens (tertiary/aromatic N) is 3. The molecule has 0 spiro atoms. The van der Waals surface area contributed by atoms with Gasteiger partial charge in [-0.05, 0) is 67.2 Å². The van der Waals surface area contributed by atoms with Gasteiger partial charge in [-0.15, -0.1) is 0 Å². The lowest BCUT2D eigenvalue weighted by Crippen LogP contribution is -2.50. The standard InChI is InChI=1S/C28H39N3O2/c1-26(2,3)33-25(32)31-14-12-30(13-15-31)22-16-21(18-29-19-22)20-8-9-23-24(17-20)28(6,7)11-10-27(23,4)5/h8-9,16-19H,10-15H2,1-7H3. The first-order chi connectivity index (χ1) is 15.4. The molecule has 0 bridgehead atoms. The Balaban J connectivity index is 1.52. The monoisotopic (exact) mass is 449 g/mol. The second-order valence-corrected chi connectivity index (χ2v) is 11.9. The van der Waals surface area contributed by atoms with Crippen LogP contribution in [-0.2, 0) is 15.6 Å². The summed E-state index contributed by atoms with van der Waals surface area (Å²) >= 11 is 0. The minimum Gasteiger partial charge on any atom is -0.444 e. The molecular formula is C28H39N3O2. The maximum Gasteiger partial charge on any atom is 0.410 e. The van der Waals surface area contributed by atoms with Crippen molar-refractivity contribution in [2.24, 2.45) is 0 Å². The van der Waals surface area contributed by atoms with Crippen molar-refractivity contribution < 1.29 is 9.53 Å². The number of ether oxygens (including phenoxy) is 1. The molecule has 1 aromatic heterocycles. The Morgan fingerprint density at radius 1 is 0.879 bits per heavy atom. The molecule has 0 radical (unpaired) electrons. The Morgan fingerprint density at radius 2 is 1.52 bits per heavy atom. The third-order valence-electron chi connectivity index (χ3n) is 7.21. The van der Waals surface area contributed by atoms with Crippen LogP contribution in [0.2, 0.25) is 0 Å². The fraction of sp³-hybridized carbons (Fsp3) is 0.571. The van der Waals surface area contributed by atoms with E-state index in [1.54, 1.807) is 4.90 Å². The summed E-state index contributed by atoms with van der Waals surface area (Å²) in [5.74, 6) is 0. The molecule has 1 aliphatic carbocycles. The van der Waals surface area contributed by atoms with Crippen LogP contribution < -0.4 is 4.90 Å². The van der Waals surface area contributed by atoms with Crippen LogP contribution in [0.3, 0.4) is 0 Å². The molecule has 2 aliphatic rings. The quantitative estimate of drug-likeness (QED) is 0.551. The first-order valence-electron chi connectivity index (χ1n) is 12.2. The van der Waals surface area contributed by atoms with E-state index in [4.69, 9.17) is 4.74 Å². The number of carbonyl (C=O) groups excluding carboxylic acids is 1. The number of anilines is 1. The van der Waals surface area contributed by atoms with Crippen molar-refractivity contribution in [1.29, 1.82) is 0 Å². The number of benzene rings is 1.